The van der Waals surface area contributed by atoms with E-state index in [1.807, 2.05) is 0 Å². The predicted molar refractivity (Wildman–Crippen MR) is 46.0 cm³/mol. The Morgan fingerprint density at radius 2 is 2.09 bits per heavy atom. The van der Waals surface area contributed by atoms with Gasteiger partial charge in [-0.25, -0.2) is 0 Å². The van der Waals surface area contributed by atoms with Gasteiger partial charge in [0.05, 0.1) is 0 Å². The van der Waals surface area contributed by atoms with Crippen LogP contribution in [0, 0.1) is 5.41 Å². The van der Waals surface area contributed by atoms with Crippen molar-refractivity contribution in [2.24, 2.45) is 5.41 Å². The molecule has 2 rings (SSSR count). The van der Waals surface area contributed by atoms with Gasteiger partial charge in [0.15, 0.2) is 0 Å². The summed E-state index contributed by atoms with van der Waals surface area (Å²) >= 11 is 0. The molecule has 0 aromatic heterocycles. The number of carbonyl (C=O) groups is 1. The predicted octanol–water partition coefficient (Wildman–Crippen LogP) is 1.14. The Morgan fingerprint density at radius 3 is 2.45 bits per heavy atom. The molecule has 0 bridgehead atoms. The Kier molecular flexibility index (Phi) is 2.55. The first kappa shape index (κ1) is 9.01. The second-order valence-corrected chi connectivity index (χ2v) is 3.67. The minimum absolute atomic E-state index is 0. The van der Waals surface area contributed by atoms with E-state index in [4.69, 9.17) is 0 Å². The quantitative estimate of drug-likeness (QED) is 0.599. The highest BCUT2D eigenvalue weighted by atomic mass is 35.5. The number of carbonyl (C=O) groups excluding carboxylic acids is 1. The van der Waals surface area contributed by atoms with Gasteiger partial charge in [-0.1, -0.05) is 0 Å². The van der Waals surface area contributed by atoms with Gasteiger partial charge in [0.1, 0.15) is 5.78 Å². The summed E-state index contributed by atoms with van der Waals surface area (Å²) in [5.41, 5.74) is 0.412. The molecule has 2 nitrogen and oxygen atoms in total. The lowest BCUT2D eigenvalue weighted by Gasteiger charge is -2.44. The van der Waals surface area contributed by atoms with Gasteiger partial charge in [-0.2, -0.15) is 0 Å². The number of halogens is 1. The monoisotopic (exact) mass is 175 g/mol. The van der Waals surface area contributed by atoms with Crippen LogP contribution in [0.15, 0.2) is 0 Å². The SMILES string of the molecule is Cl.O=C1CCCC2(CNC2)C1. The van der Waals surface area contributed by atoms with Crippen molar-refractivity contribution < 1.29 is 4.79 Å². The summed E-state index contributed by atoms with van der Waals surface area (Å²) in [4.78, 5) is 11.0. The molecule has 1 spiro atoms. The molecule has 1 saturated heterocycles. The van der Waals surface area contributed by atoms with Crippen molar-refractivity contribution in [1.29, 1.82) is 0 Å². The third-order valence-corrected chi connectivity index (χ3v) is 2.73. The summed E-state index contributed by atoms with van der Waals surface area (Å²) in [6, 6.07) is 0. The summed E-state index contributed by atoms with van der Waals surface area (Å²) in [5, 5.41) is 3.24. The maximum Gasteiger partial charge on any atom is 0.133 e. The first-order valence-electron chi connectivity index (χ1n) is 4.03. The Bertz CT molecular complexity index is 165. The molecule has 0 atom stereocenters. The fourth-order valence-electron chi connectivity index (χ4n) is 2.04. The van der Waals surface area contributed by atoms with Crippen molar-refractivity contribution in [2.75, 3.05) is 13.1 Å². The second kappa shape index (κ2) is 3.11. The Labute approximate surface area is 73.1 Å². The minimum Gasteiger partial charge on any atom is -0.316 e. The third-order valence-electron chi connectivity index (χ3n) is 2.73. The van der Waals surface area contributed by atoms with E-state index in [-0.39, 0.29) is 12.4 Å². The van der Waals surface area contributed by atoms with Gasteiger partial charge in [-0.15, -0.1) is 12.4 Å². The van der Waals surface area contributed by atoms with Crippen molar-refractivity contribution in [3.8, 4) is 0 Å². The van der Waals surface area contributed by atoms with Crippen LogP contribution in [-0.2, 0) is 4.79 Å². The number of hydrogen-bond acceptors (Lipinski definition) is 2. The number of rotatable bonds is 0. The standard InChI is InChI=1S/C8H13NO.ClH/c10-7-2-1-3-8(4-7)5-9-6-8;/h9H,1-6H2;1H. The molecule has 0 aromatic rings. The smallest absolute Gasteiger partial charge is 0.133 e. The Balaban J connectivity index is 0.000000605. The van der Waals surface area contributed by atoms with Crippen LogP contribution in [0.1, 0.15) is 25.7 Å². The minimum atomic E-state index is 0. The molecule has 11 heavy (non-hydrogen) atoms. The van der Waals surface area contributed by atoms with E-state index in [1.54, 1.807) is 0 Å². The molecule has 0 aromatic carbocycles. The molecule has 0 unspecified atom stereocenters. The molecule has 0 amide bonds. The van der Waals surface area contributed by atoms with E-state index in [2.05, 4.69) is 5.32 Å². The van der Waals surface area contributed by atoms with E-state index >= 15 is 0 Å². The van der Waals surface area contributed by atoms with Crippen LogP contribution in [0.5, 0.6) is 0 Å². The lowest BCUT2D eigenvalue weighted by molar-refractivity contribution is -0.125. The average molecular weight is 176 g/mol. The van der Waals surface area contributed by atoms with Gasteiger partial charge >= 0.3 is 0 Å². The zero-order valence-corrected chi connectivity index (χ0v) is 7.38. The highest BCUT2D eigenvalue weighted by Gasteiger charge is 2.40. The molecule has 0 radical (unpaired) electrons. The van der Waals surface area contributed by atoms with Crippen LogP contribution in [0.3, 0.4) is 0 Å². The Morgan fingerprint density at radius 1 is 1.36 bits per heavy atom. The topological polar surface area (TPSA) is 29.1 Å². The van der Waals surface area contributed by atoms with Crippen LogP contribution in [0.2, 0.25) is 0 Å². The van der Waals surface area contributed by atoms with E-state index in [1.165, 1.54) is 6.42 Å². The van der Waals surface area contributed by atoms with Gasteiger partial charge in [0.25, 0.3) is 0 Å². The molecular weight excluding hydrogens is 162 g/mol. The maximum atomic E-state index is 11.0. The molecule has 2 aliphatic rings. The molecule has 64 valence electrons. The number of ketones is 1. The first-order chi connectivity index (χ1) is 4.81. The van der Waals surface area contributed by atoms with Gasteiger partial charge in [-0.05, 0) is 12.8 Å². The van der Waals surface area contributed by atoms with Crippen LogP contribution >= 0.6 is 12.4 Å². The highest BCUT2D eigenvalue weighted by molar-refractivity contribution is 5.85. The van der Waals surface area contributed by atoms with E-state index in [9.17, 15) is 4.79 Å². The second-order valence-electron chi connectivity index (χ2n) is 3.67. The lowest BCUT2D eigenvalue weighted by atomic mass is 9.69. The summed E-state index contributed by atoms with van der Waals surface area (Å²) in [6.45, 7) is 2.16. The van der Waals surface area contributed by atoms with E-state index < -0.39 is 0 Å². The zero-order chi connectivity index (χ0) is 7.03. The van der Waals surface area contributed by atoms with Crippen molar-refractivity contribution >= 4 is 18.2 Å². The molecule has 1 aliphatic carbocycles. The van der Waals surface area contributed by atoms with E-state index in [0.717, 1.165) is 32.4 Å². The maximum absolute atomic E-state index is 11.0. The van der Waals surface area contributed by atoms with Gasteiger partial charge in [0.2, 0.25) is 0 Å². The molecule has 3 heteroatoms. The van der Waals surface area contributed by atoms with Crippen molar-refractivity contribution in [2.45, 2.75) is 25.7 Å². The van der Waals surface area contributed by atoms with Crippen LogP contribution < -0.4 is 5.32 Å². The largest absolute Gasteiger partial charge is 0.316 e. The first-order valence-corrected chi connectivity index (χ1v) is 4.03. The molecular formula is C8H14ClNO. The number of nitrogens with one attached hydrogen (secondary N) is 1. The normalized spacial score (nSPS) is 27.5. The van der Waals surface area contributed by atoms with Crippen LogP contribution in [0.4, 0.5) is 0 Å². The molecule has 2 fully saturated rings. The third kappa shape index (κ3) is 1.57. The molecule has 1 aliphatic heterocycles. The van der Waals surface area contributed by atoms with Crippen LogP contribution in [-0.4, -0.2) is 18.9 Å². The zero-order valence-electron chi connectivity index (χ0n) is 6.56. The van der Waals surface area contributed by atoms with Gasteiger partial charge in [-0.3, -0.25) is 4.79 Å². The number of hydrogen-bond donors (Lipinski definition) is 1. The average Bonchev–Trinajstić information content (AvgIpc) is 1.85. The molecule has 1 saturated carbocycles. The molecule has 1 N–H and O–H groups in total. The summed E-state index contributed by atoms with van der Waals surface area (Å²) < 4.78 is 0. The van der Waals surface area contributed by atoms with Crippen molar-refractivity contribution in [1.82, 2.24) is 5.32 Å². The summed E-state index contributed by atoms with van der Waals surface area (Å²) in [6.07, 6.45) is 4.08. The van der Waals surface area contributed by atoms with Crippen molar-refractivity contribution in [3.05, 3.63) is 0 Å². The highest BCUT2D eigenvalue weighted by Crippen LogP contribution is 2.37. The number of Topliss-reactive ketones (excluding diaryl/α,β-unsaturated/α-hetero) is 1. The fraction of sp³-hybridized carbons (Fsp3) is 0.875. The van der Waals surface area contributed by atoms with Crippen molar-refractivity contribution in [3.63, 3.8) is 0 Å². The summed E-state index contributed by atoms with van der Waals surface area (Å²) in [5.74, 6) is 0.479. The fourth-order valence-corrected chi connectivity index (χ4v) is 2.04. The molecule has 1 heterocycles. The van der Waals surface area contributed by atoms with E-state index in [0.29, 0.717) is 11.2 Å². The van der Waals surface area contributed by atoms with Crippen LogP contribution in [0.25, 0.3) is 0 Å². The lowest BCUT2D eigenvalue weighted by Crippen LogP contribution is -2.55. The van der Waals surface area contributed by atoms with Gasteiger partial charge in [0, 0.05) is 31.3 Å². The van der Waals surface area contributed by atoms with Gasteiger partial charge < -0.3 is 5.32 Å². The Hall–Kier alpha value is -0.0800. The summed E-state index contributed by atoms with van der Waals surface area (Å²) in [7, 11) is 0.